The number of aryl methyl sites for hydroxylation is 1. The molecule has 0 bridgehead atoms. The molecule has 1 atom stereocenters. The fourth-order valence-corrected chi connectivity index (χ4v) is 2.75. The molecular formula is C13H22N4O. The number of aromatic nitrogens is 3. The smallest absolute Gasteiger partial charge is 0.223 e. The van der Waals surface area contributed by atoms with Crippen LogP contribution in [0.3, 0.4) is 0 Å². The summed E-state index contributed by atoms with van der Waals surface area (Å²) < 4.78 is 0. The van der Waals surface area contributed by atoms with Crippen LogP contribution < -0.4 is 5.32 Å². The van der Waals surface area contributed by atoms with E-state index in [0.717, 1.165) is 31.5 Å². The summed E-state index contributed by atoms with van der Waals surface area (Å²) in [7, 11) is 0. The summed E-state index contributed by atoms with van der Waals surface area (Å²) in [4.78, 5) is 16.1. The number of amides is 1. The van der Waals surface area contributed by atoms with Gasteiger partial charge in [-0.25, -0.2) is 4.98 Å². The highest BCUT2D eigenvalue weighted by Crippen LogP contribution is 2.42. The molecule has 0 aromatic carbocycles. The molecule has 1 aromatic heterocycles. The van der Waals surface area contributed by atoms with Gasteiger partial charge in [-0.1, -0.05) is 20.3 Å². The molecule has 1 aliphatic rings. The number of H-pyrrole nitrogens is 1. The third-order valence-corrected chi connectivity index (χ3v) is 3.93. The number of hydrogen-bond donors (Lipinski definition) is 2. The van der Waals surface area contributed by atoms with Gasteiger partial charge < -0.3 is 5.32 Å². The minimum atomic E-state index is 0.162. The number of aromatic amines is 1. The van der Waals surface area contributed by atoms with Crippen molar-refractivity contribution < 1.29 is 4.79 Å². The molecule has 0 saturated heterocycles. The lowest BCUT2D eigenvalue weighted by Gasteiger charge is -2.25. The van der Waals surface area contributed by atoms with Crippen LogP contribution in [0, 0.1) is 11.3 Å². The Morgan fingerprint density at radius 1 is 1.61 bits per heavy atom. The molecule has 0 radical (unpaired) electrons. The standard InChI is InChI=1S/C13H22N4O/c1-13(2)7-3-5-10(13)12(18)14-8-4-6-11-15-9-16-17-11/h9-10H,3-8H2,1-2H3,(H,14,18)(H,15,16,17). The van der Waals surface area contributed by atoms with E-state index in [1.165, 1.54) is 12.7 Å². The average molecular weight is 250 g/mol. The Kier molecular flexibility index (Phi) is 3.99. The third kappa shape index (κ3) is 3.09. The summed E-state index contributed by atoms with van der Waals surface area (Å²) >= 11 is 0. The maximum Gasteiger partial charge on any atom is 0.223 e. The van der Waals surface area contributed by atoms with E-state index in [0.29, 0.717) is 6.54 Å². The summed E-state index contributed by atoms with van der Waals surface area (Å²) in [6.45, 7) is 5.10. The van der Waals surface area contributed by atoms with Gasteiger partial charge in [0.25, 0.3) is 0 Å². The zero-order chi connectivity index (χ0) is 13.0. The summed E-state index contributed by atoms with van der Waals surface area (Å²) in [5.74, 6) is 1.28. The molecule has 5 nitrogen and oxygen atoms in total. The second-order valence-corrected chi connectivity index (χ2v) is 5.76. The van der Waals surface area contributed by atoms with E-state index in [-0.39, 0.29) is 17.2 Å². The van der Waals surface area contributed by atoms with Gasteiger partial charge in [0.05, 0.1) is 0 Å². The average Bonchev–Trinajstić information content (AvgIpc) is 2.93. The van der Waals surface area contributed by atoms with Crippen molar-refractivity contribution in [3.05, 3.63) is 12.2 Å². The quantitative estimate of drug-likeness (QED) is 0.781. The van der Waals surface area contributed by atoms with Gasteiger partial charge in [-0.05, 0) is 24.7 Å². The maximum absolute atomic E-state index is 12.1. The van der Waals surface area contributed by atoms with Gasteiger partial charge in [0, 0.05) is 18.9 Å². The molecule has 5 heteroatoms. The Labute approximate surface area is 108 Å². The Morgan fingerprint density at radius 2 is 2.44 bits per heavy atom. The van der Waals surface area contributed by atoms with Crippen molar-refractivity contribution in [3.63, 3.8) is 0 Å². The van der Waals surface area contributed by atoms with Gasteiger partial charge >= 0.3 is 0 Å². The second kappa shape index (κ2) is 5.50. The Hall–Kier alpha value is -1.39. The lowest BCUT2D eigenvalue weighted by molar-refractivity contribution is -0.127. The van der Waals surface area contributed by atoms with Crippen LogP contribution in [0.15, 0.2) is 6.33 Å². The highest BCUT2D eigenvalue weighted by molar-refractivity contribution is 5.79. The van der Waals surface area contributed by atoms with E-state index in [2.05, 4.69) is 34.3 Å². The van der Waals surface area contributed by atoms with Crippen molar-refractivity contribution in [2.24, 2.45) is 11.3 Å². The van der Waals surface area contributed by atoms with E-state index in [1.807, 2.05) is 0 Å². The molecule has 1 saturated carbocycles. The van der Waals surface area contributed by atoms with E-state index in [9.17, 15) is 4.79 Å². The molecule has 18 heavy (non-hydrogen) atoms. The maximum atomic E-state index is 12.1. The topological polar surface area (TPSA) is 70.7 Å². The molecule has 0 aliphatic heterocycles. The fourth-order valence-electron chi connectivity index (χ4n) is 2.75. The molecule has 1 heterocycles. The normalized spacial score (nSPS) is 22.0. The van der Waals surface area contributed by atoms with Crippen LogP contribution in [-0.4, -0.2) is 27.6 Å². The number of carbonyl (C=O) groups is 1. The Morgan fingerprint density at radius 3 is 3.06 bits per heavy atom. The van der Waals surface area contributed by atoms with Gasteiger partial charge in [-0.15, -0.1) is 0 Å². The second-order valence-electron chi connectivity index (χ2n) is 5.76. The molecule has 100 valence electrons. The summed E-state index contributed by atoms with van der Waals surface area (Å²) in [6.07, 6.45) is 6.59. The van der Waals surface area contributed by atoms with E-state index < -0.39 is 0 Å². The van der Waals surface area contributed by atoms with Crippen molar-refractivity contribution in [1.82, 2.24) is 20.5 Å². The molecule has 1 amide bonds. The van der Waals surface area contributed by atoms with Gasteiger partial charge in [0.1, 0.15) is 12.2 Å². The Balaban J connectivity index is 1.69. The van der Waals surface area contributed by atoms with Crippen molar-refractivity contribution in [3.8, 4) is 0 Å². The van der Waals surface area contributed by atoms with Gasteiger partial charge in [0.2, 0.25) is 5.91 Å². The number of nitrogens with one attached hydrogen (secondary N) is 2. The van der Waals surface area contributed by atoms with Crippen molar-refractivity contribution in [2.75, 3.05) is 6.54 Å². The first kappa shape index (κ1) is 13.1. The van der Waals surface area contributed by atoms with Crippen LogP contribution in [0.5, 0.6) is 0 Å². The molecule has 1 fully saturated rings. The minimum Gasteiger partial charge on any atom is -0.356 e. The van der Waals surface area contributed by atoms with E-state index in [1.54, 1.807) is 0 Å². The van der Waals surface area contributed by atoms with E-state index in [4.69, 9.17) is 0 Å². The van der Waals surface area contributed by atoms with Crippen LogP contribution in [0.2, 0.25) is 0 Å². The Bertz CT molecular complexity index is 386. The number of hydrogen-bond acceptors (Lipinski definition) is 3. The first-order valence-electron chi connectivity index (χ1n) is 6.71. The predicted molar refractivity (Wildman–Crippen MR) is 68.8 cm³/mol. The van der Waals surface area contributed by atoms with Crippen LogP contribution in [0.4, 0.5) is 0 Å². The van der Waals surface area contributed by atoms with Crippen molar-refractivity contribution in [2.45, 2.75) is 46.0 Å². The molecule has 2 N–H and O–H groups in total. The van der Waals surface area contributed by atoms with Gasteiger partial charge in [-0.2, -0.15) is 5.10 Å². The molecule has 2 rings (SSSR count). The number of carbonyl (C=O) groups excluding carboxylic acids is 1. The highest BCUT2D eigenvalue weighted by atomic mass is 16.1. The number of rotatable bonds is 5. The third-order valence-electron chi connectivity index (χ3n) is 3.93. The van der Waals surface area contributed by atoms with Gasteiger partial charge in [-0.3, -0.25) is 9.89 Å². The zero-order valence-corrected chi connectivity index (χ0v) is 11.2. The SMILES string of the molecule is CC1(C)CCCC1C(=O)NCCCc1ncn[nH]1. The van der Waals surface area contributed by atoms with Crippen molar-refractivity contribution >= 4 is 5.91 Å². The van der Waals surface area contributed by atoms with E-state index >= 15 is 0 Å². The molecule has 0 spiro atoms. The summed E-state index contributed by atoms with van der Waals surface area (Å²) in [5, 5.41) is 9.66. The van der Waals surface area contributed by atoms with Gasteiger partial charge in [0.15, 0.2) is 0 Å². The molecule has 1 unspecified atom stereocenters. The fraction of sp³-hybridized carbons (Fsp3) is 0.769. The lowest BCUT2D eigenvalue weighted by Crippen LogP contribution is -2.36. The number of nitrogens with zero attached hydrogens (tertiary/aromatic N) is 2. The zero-order valence-electron chi connectivity index (χ0n) is 11.2. The van der Waals surface area contributed by atoms with Crippen LogP contribution in [0.25, 0.3) is 0 Å². The van der Waals surface area contributed by atoms with Crippen LogP contribution in [-0.2, 0) is 11.2 Å². The van der Waals surface area contributed by atoms with Crippen molar-refractivity contribution in [1.29, 1.82) is 0 Å². The first-order valence-corrected chi connectivity index (χ1v) is 6.71. The molecule has 1 aromatic rings. The lowest BCUT2D eigenvalue weighted by atomic mass is 9.81. The highest BCUT2D eigenvalue weighted by Gasteiger charge is 2.38. The monoisotopic (exact) mass is 250 g/mol. The molecular weight excluding hydrogens is 228 g/mol. The first-order chi connectivity index (χ1) is 8.59. The molecule has 1 aliphatic carbocycles. The minimum absolute atomic E-state index is 0.162. The van der Waals surface area contributed by atoms with Crippen LogP contribution >= 0.6 is 0 Å². The largest absolute Gasteiger partial charge is 0.356 e. The summed E-state index contributed by atoms with van der Waals surface area (Å²) in [5.41, 5.74) is 0.162. The summed E-state index contributed by atoms with van der Waals surface area (Å²) in [6, 6.07) is 0. The predicted octanol–water partition coefficient (Wildman–Crippen LogP) is 1.68. The van der Waals surface area contributed by atoms with Crippen LogP contribution in [0.1, 0.15) is 45.4 Å².